The number of aromatic nitrogens is 1. The SMILES string of the molecule is O=C(CC[C@H](c1ccc(F)cc1)c1ccc(Cl)c(F)c1)Nc1cncc(F)c1CC[C@@H]1CN[C@H](COC(=O)NCC(F)(F)F)CO1. The number of pyridine rings is 1. The van der Waals surface area contributed by atoms with Crippen LogP contribution in [0.4, 0.5) is 36.8 Å². The smallest absolute Gasteiger partial charge is 0.407 e. The number of nitrogens with one attached hydrogen (secondary N) is 3. The van der Waals surface area contributed by atoms with E-state index < -0.39 is 54.1 Å². The van der Waals surface area contributed by atoms with Crippen LogP contribution < -0.4 is 16.0 Å². The monoisotopic (exact) mass is 672 g/mol. The van der Waals surface area contributed by atoms with Crippen LogP contribution in [0.5, 0.6) is 0 Å². The number of alkyl carbamates (subject to hydrolysis) is 1. The quantitative estimate of drug-likeness (QED) is 0.196. The average Bonchev–Trinajstić information content (AvgIpc) is 3.01. The van der Waals surface area contributed by atoms with E-state index in [1.54, 1.807) is 23.5 Å². The van der Waals surface area contributed by atoms with Gasteiger partial charge in [0, 0.05) is 24.4 Å². The molecular formula is C31H31ClF6N4O4. The lowest BCUT2D eigenvalue weighted by atomic mass is 9.87. The fraction of sp³-hybridized carbons (Fsp3) is 0.387. The molecule has 0 aliphatic carbocycles. The lowest BCUT2D eigenvalue weighted by Crippen LogP contribution is -2.49. The zero-order chi connectivity index (χ0) is 33.3. The second kappa shape index (κ2) is 16.1. The molecule has 1 fully saturated rings. The number of halogens is 7. The number of hydrogen-bond donors (Lipinski definition) is 3. The summed E-state index contributed by atoms with van der Waals surface area (Å²) in [7, 11) is 0. The van der Waals surface area contributed by atoms with Crippen molar-refractivity contribution < 1.29 is 45.4 Å². The third-order valence-electron chi connectivity index (χ3n) is 7.29. The number of ether oxygens (including phenoxy) is 2. The van der Waals surface area contributed by atoms with E-state index in [4.69, 9.17) is 21.1 Å². The molecule has 1 aliphatic rings. The zero-order valence-corrected chi connectivity index (χ0v) is 25.1. The summed E-state index contributed by atoms with van der Waals surface area (Å²) in [5.41, 5.74) is 1.62. The van der Waals surface area contributed by atoms with Crippen LogP contribution in [0.25, 0.3) is 0 Å². The number of benzene rings is 2. The first-order valence-electron chi connectivity index (χ1n) is 14.3. The van der Waals surface area contributed by atoms with Crippen LogP contribution >= 0.6 is 11.6 Å². The van der Waals surface area contributed by atoms with E-state index in [0.29, 0.717) is 24.1 Å². The Bertz CT molecular complexity index is 1490. The number of rotatable bonds is 12. The Labute approximate surface area is 265 Å². The maximum atomic E-state index is 14.8. The normalized spacial score (nSPS) is 17.3. The Kier molecular flexibility index (Phi) is 12.2. The van der Waals surface area contributed by atoms with Crippen LogP contribution in [0.1, 0.15) is 41.9 Å². The molecule has 1 saturated heterocycles. The van der Waals surface area contributed by atoms with E-state index in [2.05, 4.69) is 15.6 Å². The van der Waals surface area contributed by atoms with Crippen molar-refractivity contribution in [3.05, 3.63) is 94.0 Å². The second-order valence-electron chi connectivity index (χ2n) is 10.7. The molecule has 0 radical (unpaired) electrons. The molecule has 2 heterocycles. The van der Waals surface area contributed by atoms with Crippen molar-refractivity contribution in [2.75, 3.05) is 31.6 Å². The summed E-state index contributed by atoms with van der Waals surface area (Å²) in [6.45, 7) is -1.30. The molecule has 2 aromatic carbocycles. The Hall–Kier alpha value is -3.88. The fourth-order valence-electron chi connectivity index (χ4n) is 4.93. The number of anilines is 1. The van der Waals surface area contributed by atoms with Crippen LogP contribution in [0.3, 0.4) is 0 Å². The standard InChI is InChI=1S/C31H31ClF6N4O4/c32-25-9-3-19(11-26(25)34)23(18-1-4-20(33)5-2-18)8-10-29(43)42-28-14-39-13-27(35)24(28)7-6-22-12-40-21(15-45-22)16-46-30(44)41-17-31(36,37)38/h1-5,9,11,13-14,21-23,40H,6-8,10,12,15-17H2,(H,41,44)(H,42,43)/t21-,22+,23+/m0/s1. The minimum absolute atomic E-state index is 0.0322. The zero-order valence-electron chi connectivity index (χ0n) is 24.3. The maximum absolute atomic E-state index is 14.8. The molecule has 1 aliphatic heterocycles. The van der Waals surface area contributed by atoms with Gasteiger partial charge in [-0.15, -0.1) is 0 Å². The van der Waals surface area contributed by atoms with Crippen molar-refractivity contribution in [1.82, 2.24) is 15.6 Å². The van der Waals surface area contributed by atoms with E-state index in [1.807, 2.05) is 0 Å². The summed E-state index contributed by atoms with van der Waals surface area (Å²) < 4.78 is 89.8. The van der Waals surface area contributed by atoms with E-state index in [9.17, 15) is 35.9 Å². The van der Waals surface area contributed by atoms with Crippen LogP contribution in [0.2, 0.25) is 5.02 Å². The van der Waals surface area contributed by atoms with Crippen molar-refractivity contribution in [1.29, 1.82) is 0 Å². The Morgan fingerprint density at radius 3 is 2.48 bits per heavy atom. The van der Waals surface area contributed by atoms with Crippen molar-refractivity contribution in [3.63, 3.8) is 0 Å². The van der Waals surface area contributed by atoms with Crippen molar-refractivity contribution in [3.8, 4) is 0 Å². The Balaban J connectivity index is 1.30. The molecule has 3 atom stereocenters. The highest BCUT2D eigenvalue weighted by Gasteiger charge is 2.29. The van der Waals surface area contributed by atoms with E-state index in [1.165, 1.54) is 30.5 Å². The number of morpholine rings is 1. The third kappa shape index (κ3) is 10.6. The molecular weight excluding hydrogens is 642 g/mol. The van der Waals surface area contributed by atoms with Crippen LogP contribution in [-0.4, -0.2) is 61.6 Å². The number of carbonyl (C=O) groups excluding carboxylic acids is 2. The predicted octanol–water partition coefficient (Wildman–Crippen LogP) is 6.28. The van der Waals surface area contributed by atoms with Gasteiger partial charge in [-0.3, -0.25) is 9.78 Å². The van der Waals surface area contributed by atoms with E-state index in [-0.39, 0.29) is 54.9 Å². The molecule has 46 heavy (non-hydrogen) atoms. The number of hydrogen-bond acceptors (Lipinski definition) is 6. The van der Waals surface area contributed by atoms with Gasteiger partial charge < -0.3 is 25.4 Å². The van der Waals surface area contributed by atoms with Gasteiger partial charge in [0.1, 0.15) is 30.6 Å². The topological polar surface area (TPSA) is 102 Å². The van der Waals surface area contributed by atoms with Crippen molar-refractivity contribution in [2.45, 2.75) is 49.9 Å². The average molecular weight is 673 g/mol. The minimum atomic E-state index is -4.55. The summed E-state index contributed by atoms with van der Waals surface area (Å²) in [5.74, 6) is -2.59. The third-order valence-corrected chi connectivity index (χ3v) is 7.60. The van der Waals surface area contributed by atoms with Gasteiger partial charge in [-0.05, 0) is 54.7 Å². The predicted molar refractivity (Wildman–Crippen MR) is 157 cm³/mol. The van der Waals surface area contributed by atoms with Crippen molar-refractivity contribution in [2.24, 2.45) is 0 Å². The molecule has 3 N–H and O–H groups in total. The summed E-state index contributed by atoms with van der Waals surface area (Å²) in [5, 5.41) is 7.34. The van der Waals surface area contributed by atoms with Crippen LogP contribution in [0.15, 0.2) is 54.9 Å². The first-order valence-corrected chi connectivity index (χ1v) is 14.7. The highest BCUT2D eigenvalue weighted by Crippen LogP contribution is 2.32. The molecule has 4 rings (SSSR count). The number of carbonyl (C=O) groups is 2. The van der Waals surface area contributed by atoms with E-state index in [0.717, 1.165) is 6.20 Å². The van der Waals surface area contributed by atoms with Crippen LogP contribution in [0, 0.1) is 17.5 Å². The van der Waals surface area contributed by atoms with Crippen molar-refractivity contribution >= 4 is 29.3 Å². The Morgan fingerprint density at radius 2 is 1.80 bits per heavy atom. The van der Waals surface area contributed by atoms with E-state index >= 15 is 0 Å². The van der Waals surface area contributed by atoms with Gasteiger partial charge in [-0.25, -0.2) is 18.0 Å². The second-order valence-corrected chi connectivity index (χ2v) is 11.1. The lowest BCUT2D eigenvalue weighted by molar-refractivity contribution is -0.124. The number of alkyl halides is 3. The molecule has 15 heteroatoms. The molecule has 248 valence electrons. The minimum Gasteiger partial charge on any atom is -0.448 e. The largest absolute Gasteiger partial charge is 0.448 e. The molecule has 8 nitrogen and oxygen atoms in total. The summed E-state index contributed by atoms with van der Waals surface area (Å²) in [6, 6.07) is 9.56. The first kappa shape index (κ1) is 35.0. The number of nitrogens with zero attached hydrogens (tertiary/aromatic N) is 1. The fourth-order valence-corrected chi connectivity index (χ4v) is 5.04. The molecule has 0 saturated carbocycles. The molecule has 3 aromatic rings. The molecule has 0 spiro atoms. The molecule has 1 aromatic heterocycles. The first-order chi connectivity index (χ1) is 21.9. The highest BCUT2D eigenvalue weighted by atomic mass is 35.5. The Morgan fingerprint density at radius 1 is 1.07 bits per heavy atom. The van der Waals surface area contributed by atoms with Gasteiger partial charge in [0.25, 0.3) is 0 Å². The van der Waals surface area contributed by atoms with Gasteiger partial charge in [0.15, 0.2) is 0 Å². The molecule has 0 bridgehead atoms. The number of amides is 2. The summed E-state index contributed by atoms with van der Waals surface area (Å²) in [6.07, 6.45) is -3.02. The molecule has 2 amide bonds. The van der Waals surface area contributed by atoms with Gasteiger partial charge in [-0.1, -0.05) is 29.8 Å². The molecule has 0 unspecified atom stereocenters. The highest BCUT2D eigenvalue weighted by molar-refractivity contribution is 6.30. The van der Waals surface area contributed by atoms with Gasteiger partial charge in [-0.2, -0.15) is 13.2 Å². The maximum Gasteiger partial charge on any atom is 0.407 e. The van der Waals surface area contributed by atoms with Gasteiger partial charge >= 0.3 is 12.3 Å². The lowest BCUT2D eigenvalue weighted by Gasteiger charge is -2.30. The van der Waals surface area contributed by atoms with Gasteiger partial charge in [0.05, 0.1) is 41.9 Å². The summed E-state index contributed by atoms with van der Waals surface area (Å²) in [4.78, 5) is 28.3. The van der Waals surface area contributed by atoms with Crippen LogP contribution in [-0.2, 0) is 20.7 Å². The van der Waals surface area contributed by atoms with Gasteiger partial charge in [0.2, 0.25) is 5.91 Å². The summed E-state index contributed by atoms with van der Waals surface area (Å²) >= 11 is 5.84.